The summed E-state index contributed by atoms with van der Waals surface area (Å²) in [4.78, 5) is 104. The van der Waals surface area contributed by atoms with Crippen LogP contribution in [0.4, 0.5) is 0 Å². The number of carboxylic acids is 8. The molecule has 0 saturated carbocycles. The normalized spacial score (nSPS) is 27.1. The van der Waals surface area contributed by atoms with Gasteiger partial charge in [-0.3, -0.25) is 38.4 Å². The first kappa shape index (κ1) is 46.6. The maximum atomic E-state index is 12.7. The van der Waals surface area contributed by atoms with E-state index in [9.17, 15) is 79.2 Å². The van der Waals surface area contributed by atoms with Crippen molar-refractivity contribution >= 4 is 66.0 Å². The van der Waals surface area contributed by atoms with E-state index in [0.29, 0.717) is 5.70 Å². The lowest BCUT2D eigenvalue weighted by atomic mass is 9.65. The first-order valence-electron chi connectivity index (χ1n) is 20.2. The maximum Gasteiger partial charge on any atom is 0.307 e. The van der Waals surface area contributed by atoms with Gasteiger partial charge < -0.3 is 61.5 Å². The molecule has 8 bridgehead atoms. The number of fused-ring (bicyclic) bond motifs is 8. The topological polar surface area (TPSA) is 354 Å². The van der Waals surface area contributed by atoms with Crippen molar-refractivity contribution in [2.45, 2.75) is 115 Å². The zero-order valence-electron chi connectivity index (χ0n) is 34.2. The summed E-state index contributed by atoms with van der Waals surface area (Å²) in [6, 6.07) is -2.40. The smallest absolute Gasteiger partial charge is 0.307 e. The summed E-state index contributed by atoms with van der Waals surface area (Å²) in [5.41, 5.74) is -0.925. The van der Waals surface area contributed by atoms with Gasteiger partial charge in [0.25, 0.3) is 0 Å². The Morgan fingerprint density at radius 3 is 1.68 bits per heavy atom. The van der Waals surface area contributed by atoms with Crippen molar-refractivity contribution in [3.63, 3.8) is 0 Å². The first-order chi connectivity index (χ1) is 29.0. The zero-order valence-corrected chi connectivity index (χ0v) is 34.2. The second-order valence-corrected chi connectivity index (χ2v) is 17.0. The van der Waals surface area contributed by atoms with E-state index < -0.39 is 127 Å². The van der Waals surface area contributed by atoms with Crippen molar-refractivity contribution in [1.82, 2.24) is 20.6 Å². The van der Waals surface area contributed by atoms with Crippen molar-refractivity contribution in [3.8, 4) is 0 Å². The summed E-state index contributed by atoms with van der Waals surface area (Å²) in [5.74, 6) is -11.2. The Hall–Kier alpha value is -6.44. The molecule has 3 aliphatic rings. The van der Waals surface area contributed by atoms with Crippen LogP contribution in [0.25, 0.3) is 18.2 Å². The number of allylic oxidation sites excluding steroid dienone is 1. The third-order valence-electron chi connectivity index (χ3n) is 12.9. The minimum atomic E-state index is -1.28. The van der Waals surface area contributed by atoms with Crippen LogP contribution in [-0.4, -0.2) is 117 Å². The van der Waals surface area contributed by atoms with Gasteiger partial charge in [0, 0.05) is 88.3 Å². The van der Waals surface area contributed by atoms with Crippen molar-refractivity contribution < 1.29 is 79.2 Å². The second-order valence-electron chi connectivity index (χ2n) is 17.0. The highest BCUT2D eigenvalue weighted by atomic mass is 16.4. The Bertz CT molecular complexity index is 2330. The molecule has 5 heterocycles. The molecule has 0 radical (unpaired) electrons. The molecule has 0 amide bonds. The summed E-state index contributed by atoms with van der Waals surface area (Å²) in [5, 5.41) is 87.3. The Morgan fingerprint density at radius 1 is 0.581 bits per heavy atom. The molecule has 20 nitrogen and oxygen atoms in total. The highest BCUT2D eigenvalue weighted by Gasteiger charge is 2.56. The predicted octanol–water partition coefficient (Wildman–Crippen LogP) is 1.22. The Morgan fingerprint density at radius 2 is 1.11 bits per heavy atom. The molecular formula is C42H52N4O16. The molecule has 0 spiro atoms. The summed E-state index contributed by atoms with van der Waals surface area (Å²) in [6.07, 6.45) is 0.418. The molecule has 12 N–H and O–H groups in total. The van der Waals surface area contributed by atoms with Gasteiger partial charge >= 0.3 is 47.8 Å². The van der Waals surface area contributed by atoms with E-state index in [4.69, 9.17) is 0 Å². The molecule has 336 valence electrons. The third kappa shape index (κ3) is 10.4. The Balaban J connectivity index is 1.96. The molecule has 5 rings (SSSR count). The van der Waals surface area contributed by atoms with E-state index in [1.54, 1.807) is 26.0 Å². The van der Waals surface area contributed by atoms with Gasteiger partial charge in [-0.15, -0.1) is 0 Å². The Labute approximate surface area is 353 Å². The van der Waals surface area contributed by atoms with E-state index in [0.717, 1.165) is 0 Å². The number of H-pyrrole nitrogens is 2. The Kier molecular flexibility index (Phi) is 14.0. The van der Waals surface area contributed by atoms with Crippen molar-refractivity contribution in [1.29, 1.82) is 0 Å². The van der Waals surface area contributed by atoms with Crippen LogP contribution in [0, 0.1) is 22.7 Å². The molecular weight excluding hydrogens is 816 g/mol. The lowest BCUT2D eigenvalue weighted by molar-refractivity contribution is -0.142. The number of rotatable bonds is 20. The standard InChI is InChI=1S/C42H52N4O16/c1-41(17-39(59)60)23(5-9-35(51)52)29-14-27-21(11-37(55)56)19(3-7-33(47)48)25(43-27)13-26-20(4-8-34(49)50)22(12-38(57)58)28(44-26)15-31-42(2,18-40(61)62)24(6-10-36(53)54)30(46-31)16-32(41)45-29/h13-15,23-24,30-32,43-46H,3-12,16-18H2,1-2H3,(H,47,48)(H,49,50)(H,51,52)(H,53,54)(H,55,56)(H,57,58)(H,59,60)(H,61,62)/b26-13-,28-15-,29-14-/t23-,24-,30?,31?,32?,41+,42+/m1/s1. The summed E-state index contributed by atoms with van der Waals surface area (Å²) < 4.78 is 0. The highest BCUT2D eigenvalue weighted by molar-refractivity contribution is 5.77. The van der Waals surface area contributed by atoms with E-state index in [-0.39, 0.29) is 89.3 Å². The molecule has 3 unspecified atom stereocenters. The molecule has 7 atom stereocenters. The lowest BCUT2D eigenvalue weighted by Crippen LogP contribution is -2.45. The van der Waals surface area contributed by atoms with Crippen LogP contribution in [0.15, 0.2) is 5.70 Å². The van der Waals surface area contributed by atoms with Gasteiger partial charge in [-0.05, 0) is 78.5 Å². The number of nitrogens with one attached hydrogen (secondary N) is 4. The average Bonchev–Trinajstić information content (AvgIpc) is 3.77. The van der Waals surface area contributed by atoms with Gasteiger partial charge in [-0.2, -0.15) is 0 Å². The van der Waals surface area contributed by atoms with E-state index in [1.807, 2.05) is 0 Å². The number of hydrogen-bond donors (Lipinski definition) is 12. The predicted molar refractivity (Wildman–Crippen MR) is 215 cm³/mol. The molecule has 3 aliphatic heterocycles. The summed E-state index contributed by atoms with van der Waals surface area (Å²) in [7, 11) is 0. The summed E-state index contributed by atoms with van der Waals surface area (Å²) in [6.45, 7) is 3.36. The van der Waals surface area contributed by atoms with E-state index in [1.165, 1.54) is 6.08 Å². The van der Waals surface area contributed by atoms with Crippen LogP contribution < -0.4 is 21.3 Å². The van der Waals surface area contributed by atoms with Gasteiger partial charge in [0.2, 0.25) is 0 Å². The number of aliphatic carboxylic acids is 8. The molecule has 0 aliphatic carbocycles. The highest BCUT2D eigenvalue weighted by Crippen LogP contribution is 2.52. The largest absolute Gasteiger partial charge is 0.481 e. The molecule has 20 heteroatoms. The molecule has 2 fully saturated rings. The third-order valence-corrected chi connectivity index (χ3v) is 12.9. The van der Waals surface area contributed by atoms with Gasteiger partial charge in [-0.25, -0.2) is 0 Å². The molecule has 2 saturated heterocycles. The van der Waals surface area contributed by atoms with Crippen LogP contribution in [0.1, 0.15) is 105 Å². The van der Waals surface area contributed by atoms with E-state index >= 15 is 0 Å². The number of hydrogen-bond acceptors (Lipinski definition) is 10. The van der Waals surface area contributed by atoms with Crippen molar-refractivity contribution in [3.05, 3.63) is 50.0 Å². The summed E-state index contributed by atoms with van der Waals surface area (Å²) >= 11 is 0. The average molecular weight is 869 g/mol. The van der Waals surface area contributed by atoms with Crippen LogP contribution in [-0.2, 0) is 64.0 Å². The van der Waals surface area contributed by atoms with Gasteiger partial charge in [-0.1, -0.05) is 13.8 Å². The minimum absolute atomic E-state index is 0.0210. The zero-order chi connectivity index (χ0) is 45.8. The van der Waals surface area contributed by atoms with Crippen LogP contribution in [0.2, 0.25) is 0 Å². The van der Waals surface area contributed by atoms with Gasteiger partial charge in [0.1, 0.15) is 0 Å². The van der Waals surface area contributed by atoms with Crippen molar-refractivity contribution in [2.24, 2.45) is 22.7 Å². The van der Waals surface area contributed by atoms with Crippen LogP contribution >= 0.6 is 0 Å². The number of carboxylic acid groups (broad SMARTS) is 8. The first-order valence-corrected chi connectivity index (χ1v) is 20.2. The molecule has 2 aromatic rings. The second kappa shape index (κ2) is 18.7. The molecule has 62 heavy (non-hydrogen) atoms. The fourth-order valence-corrected chi connectivity index (χ4v) is 10.2. The van der Waals surface area contributed by atoms with Crippen molar-refractivity contribution in [2.75, 3.05) is 0 Å². The fourth-order valence-electron chi connectivity index (χ4n) is 10.2. The van der Waals surface area contributed by atoms with Gasteiger partial charge in [0.15, 0.2) is 0 Å². The fraction of sp³-hybridized carbons (Fsp3) is 0.524. The quantitative estimate of drug-likeness (QED) is 0.0890. The van der Waals surface area contributed by atoms with Crippen LogP contribution in [0.3, 0.4) is 0 Å². The van der Waals surface area contributed by atoms with E-state index in [2.05, 4.69) is 20.6 Å². The monoisotopic (exact) mass is 868 g/mol. The lowest BCUT2D eigenvalue weighted by Gasteiger charge is -2.38. The maximum absolute atomic E-state index is 12.7. The number of aromatic amines is 2. The minimum Gasteiger partial charge on any atom is -0.481 e. The van der Waals surface area contributed by atoms with Crippen LogP contribution in [0.5, 0.6) is 0 Å². The number of carbonyl (C=O) groups is 8. The SMILES string of the molecule is C[C@@]1(CC(=O)O)C2CC3NC(/C=c4\[nH]/c(c(CCC(=O)O)c4CC(=O)O)=C\c4[nH]c(c(CC(=O)O)c4CCC(=O)O)/C=C(\N2)[C@H]1CCC(=O)O)[C@@](C)(CC(=O)O)[C@@H]3CCC(=O)O. The number of aromatic nitrogens is 2. The molecule has 0 aromatic carbocycles. The molecule has 2 aromatic heterocycles. The van der Waals surface area contributed by atoms with Gasteiger partial charge in [0.05, 0.1) is 25.7 Å².